The number of guanidine groups is 1. The van der Waals surface area contributed by atoms with Crippen LogP contribution in [0.1, 0.15) is 31.2 Å². The number of likely N-dealkylation sites (tertiary alicyclic amines) is 1. The van der Waals surface area contributed by atoms with Crippen molar-refractivity contribution in [2.75, 3.05) is 33.2 Å². The normalized spacial score (nSPS) is 23.2. The van der Waals surface area contributed by atoms with Gasteiger partial charge in [-0.3, -0.25) is 9.89 Å². The van der Waals surface area contributed by atoms with Crippen LogP contribution in [-0.2, 0) is 6.54 Å². The van der Waals surface area contributed by atoms with Gasteiger partial charge in [-0.2, -0.15) is 0 Å². The zero-order valence-electron chi connectivity index (χ0n) is 16.1. The molecule has 0 bridgehead atoms. The summed E-state index contributed by atoms with van der Waals surface area (Å²) in [5.74, 6) is 2.01. The van der Waals surface area contributed by atoms with Gasteiger partial charge in [-0.1, -0.05) is 30.4 Å². The van der Waals surface area contributed by atoms with Crippen molar-refractivity contribution in [3.05, 3.63) is 42.0 Å². The summed E-state index contributed by atoms with van der Waals surface area (Å²) in [6.07, 6.45) is 9.82. The molecule has 2 fully saturated rings. The van der Waals surface area contributed by atoms with E-state index in [-0.39, 0.29) is 24.0 Å². The fourth-order valence-electron chi connectivity index (χ4n) is 3.96. The minimum absolute atomic E-state index is 0. The molecule has 1 saturated heterocycles. The van der Waals surface area contributed by atoms with Crippen LogP contribution in [0.2, 0.25) is 0 Å². The zero-order chi connectivity index (χ0) is 17.8. The Kier molecular flexibility index (Phi) is 7.41. The highest BCUT2D eigenvalue weighted by Crippen LogP contribution is 2.27. The van der Waals surface area contributed by atoms with Crippen LogP contribution in [0, 0.1) is 0 Å². The summed E-state index contributed by atoms with van der Waals surface area (Å²) in [5.41, 5.74) is 1.21. The monoisotopic (exact) mass is 482 g/mol. The Bertz CT molecular complexity index is 666. The standard InChI is InChI=1S/C21H30N4O.HI/c1-22-21(25-14-11-18(16-25)24-12-4-5-13-24)23-15-17-7-2-3-10-20(17)26-19-8-6-9-19;/h2-5,7,10,18-19H,6,8-9,11-16H2,1H3,(H,22,23);1H. The van der Waals surface area contributed by atoms with E-state index in [2.05, 4.69) is 56.5 Å². The first-order chi connectivity index (χ1) is 12.8. The SMILES string of the molecule is CN=C(NCc1ccccc1OC1CCC1)N1CCC(N2CC=CC2)C1.I. The molecule has 2 aliphatic heterocycles. The minimum atomic E-state index is 0. The topological polar surface area (TPSA) is 40.1 Å². The molecule has 148 valence electrons. The molecule has 0 aromatic heterocycles. The molecule has 6 heteroatoms. The van der Waals surface area contributed by atoms with E-state index in [1.54, 1.807) is 0 Å². The molecule has 0 amide bonds. The van der Waals surface area contributed by atoms with Gasteiger partial charge in [-0.15, -0.1) is 24.0 Å². The third kappa shape index (κ3) is 4.96. The molecule has 1 saturated carbocycles. The van der Waals surface area contributed by atoms with Crippen molar-refractivity contribution in [1.29, 1.82) is 0 Å². The first kappa shape index (κ1) is 20.5. The highest BCUT2D eigenvalue weighted by molar-refractivity contribution is 14.0. The van der Waals surface area contributed by atoms with Crippen molar-refractivity contribution in [3.8, 4) is 5.75 Å². The summed E-state index contributed by atoms with van der Waals surface area (Å²) in [5, 5.41) is 3.55. The van der Waals surface area contributed by atoms with E-state index < -0.39 is 0 Å². The predicted molar refractivity (Wildman–Crippen MR) is 121 cm³/mol. The van der Waals surface area contributed by atoms with Crippen LogP contribution >= 0.6 is 24.0 Å². The molecule has 3 aliphatic rings. The summed E-state index contributed by atoms with van der Waals surface area (Å²) in [4.78, 5) is 9.46. The third-order valence-electron chi connectivity index (χ3n) is 5.79. The molecule has 1 aliphatic carbocycles. The zero-order valence-corrected chi connectivity index (χ0v) is 18.5. The summed E-state index contributed by atoms with van der Waals surface area (Å²) in [7, 11) is 1.88. The van der Waals surface area contributed by atoms with Crippen LogP contribution in [0.15, 0.2) is 41.4 Å². The van der Waals surface area contributed by atoms with Gasteiger partial charge in [-0.05, 0) is 31.7 Å². The smallest absolute Gasteiger partial charge is 0.193 e. The van der Waals surface area contributed by atoms with Gasteiger partial charge in [0.05, 0.1) is 6.10 Å². The summed E-state index contributed by atoms with van der Waals surface area (Å²) < 4.78 is 6.15. The van der Waals surface area contributed by atoms with Crippen LogP contribution in [-0.4, -0.2) is 61.1 Å². The molecule has 1 aromatic rings. The lowest BCUT2D eigenvalue weighted by Gasteiger charge is -2.28. The molecule has 1 atom stereocenters. The van der Waals surface area contributed by atoms with E-state index >= 15 is 0 Å². The van der Waals surface area contributed by atoms with Gasteiger partial charge < -0.3 is 15.0 Å². The average Bonchev–Trinajstić information content (AvgIpc) is 3.31. The van der Waals surface area contributed by atoms with Gasteiger partial charge in [0.2, 0.25) is 0 Å². The van der Waals surface area contributed by atoms with E-state index in [1.807, 2.05) is 7.05 Å². The highest BCUT2D eigenvalue weighted by Gasteiger charge is 2.29. The number of rotatable bonds is 5. The third-order valence-corrected chi connectivity index (χ3v) is 5.79. The van der Waals surface area contributed by atoms with Gasteiger partial charge >= 0.3 is 0 Å². The van der Waals surface area contributed by atoms with Gasteiger partial charge in [0.25, 0.3) is 0 Å². The molecule has 5 nitrogen and oxygen atoms in total. The van der Waals surface area contributed by atoms with Crippen LogP contribution in [0.3, 0.4) is 0 Å². The maximum absolute atomic E-state index is 6.15. The lowest BCUT2D eigenvalue weighted by molar-refractivity contribution is 0.119. The second-order valence-electron chi connectivity index (χ2n) is 7.49. The number of halogens is 1. The molecule has 1 N–H and O–H groups in total. The van der Waals surface area contributed by atoms with Gasteiger partial charge in [0.15, 0.2) is 5.96 Å². The number of para-hydroxylation sites is 1. The Balaban J connectivity index is 0.00000210. The Hall–Kier alpha value is -1.28. The van der Waals surface area contributed by atoms with E-state index in [0.29, 0.717) is 12.1 Å². The Labute approximate surface area is 179 Å². The van der Waals surface area contributed by atoms with Crippen molar-refractivity contribution in [2.45, 2.75) is 44.4 Å². The second-order valence-corrected chi connectivity index (χ2v) is 7.49. The fourth-order valence-corrected chi connectivity index (χ4v) is 3.96. The predicted octanol–water partition coefficient (Wildman–Crippen LogP) is 3.26. The summed E-state index contributed by atoms with van der Waals surface area (Å²) in [6.45, 7) is 5.07. The number of aliphatic imine (C=N–C) groups is 1. The van der Waals surface area contributed by atoms with Crippen molar-refractivity contribution >= 4 is 29.9 Å². The van der Waals surface area contributed by atoms with E-state index in [1.165, 1.54) is 31.2 Å². The molecule has 1 aromatic carbocycles. The number of hydrogen-bond donors (Lipinski definition) is 1. The Morgan fingerprint density at radius 3 is 2.67 bits per heavy atom. The van der Waals surface area contributed by atoms with Gasteiger partial charge in [0, 0.05) is 51.4 Å². The molecular formula is C21H31IN4O. The molecule has 27 heavy (non-hydrogen) atoms. The largest absolute Gasteiger partial charge is 0.490 e. The molecule has 0 spiro atoms. The average molecular weight is 482 g/mol. The van der Waals surface area contributed by atoms with Gasteiger partial charge in [0.1, 0.15) is 5.75 Å². The molecule has 0 radical (unpaired) electrons. The Morgan fingerprint density at radius 1 is 1.19 bits per heavy atom. The molecule has 4 rings (SSSR count). The van der Waals surface area contributed by atoms with Crippen LogP contribution in [0.4, 0.5) is 0 Å². The summed E-state index contributed by atoms with van der Waals surface area (Å²) >= 11 is 0. The number of nitrogens with zero attached hydrogens (tertiary/aromatic N) is 3. The summed E-state index contributed by atoms with van der Waals surface area (Å²) in [6, 6.07) is 9.01. The first-order valence-electron chi connectivity index (χ1n) is 9.92. The number of benzene rings is 1. The van der Waals surface area contributed by atoms with Crippen molar-refractivity contribution in [3.63, 3.8) is 0 Å². The van der Waals surface area contributed by atoms with Crippen LogP contribution in [0.5, 0.6) is 5.75 Å². The van der Waals surface area contributed by atoms with E-state index in [4.69, 9.17) is 4.74 Å². The maximum atomic E-state index is 6.15. The molecule has 2 heterocycles. The maximum Gasteiger partial charge on any atom is 0.193 e. The first-order valence-corrected chi connectivity index (χ1v) is 9.92. The van der Waals surface area contributed by atoms with Crippen LogP contribution < -0.4 is 10.1 Å². The number of ether oxygens (including phenoxy) is 1. The molecule has 1 unspecified atom stereocenters. The number of nitrogens with one attached hydrogen (secondary N) is 1. The fraction of sp³-hybridized carbons (Fsp3) is 0.571. The van der Waals surface area contributed by atoms with Crippen molar-refractivity contribution in [1.82, 2.24) is 15.1 Å². The van der Waals surface area contributed by atoms with E-state index in [9.17, 15) is 0 Å². The molecular weight excluding hydrogens is 451 g/mol. The van der Waals surface area contributed by atoms with Crippen molar-refractivity contribution in [2.24, 2.45) is 4.99 Å². The van der Waals surface area contributed by atoms with Crippen LogP contribution in [0.25, 0.3) is 0 Å². The highest BCUT2D eigenvalue weighted by atomic mass is 127. The lowest BCUT2D eigenvalue weighted by Crippen LogP contribution is -2.42. The number of hydrogen-bond acceptors (Lipinski definition) is 3. The van der Waals surface area contributed by atoms with Crippen molar-refractivity contribution < 1.29 is 4.74 Å². The van der Waals surface area contributed by atoms with Gasteiger partial charge in [-0.25, -0.2) is 0 Å². The quantitative estimate of drug-likeness (QED) is 0.303. The second kappa shape index (κ2) is 9.78. The van der Waals surface area contributed by atoms with E-state index in [0.717, 1.165) is 44.4 Å². The lowest BCUT2D eigenvalue weighted by atomic mass is 9.96. The Morgan fingerprint density at radius 2 is 1.96 bits per heavy atom. The minimum Gasteiger partial charge on any atom is -0.490 e.